The highest BCUT2D eigenvalue weighted by atomic mass is 14.8. The maximum atomic E-state index is 4.84. The van der Waals surface area contributed by atoms with Gasteiger partial charge in [0.1, 0.15) is 0 Å². The van der Waals surface area contributed by atoms with Gasteiger partial charge < -0.3 is 0 Å². The van der Waals surface area contributed by atoms with E-state index in [4.69, 9.17) is 4.99 Å². The average molecular weight is 261 g/mol. The third-order valence-corrected chi connectivity index (χ3v) is 3.86. The van der Waals surface area contributed by atoms with Gasteiger partial charge in [0, 0.05) is 17.7 Å². The predicted molar refractivity (Wildman–Crippen MR) is 86.9 cm³/mol. The first-order valence-corrected chi connectivity index (χ1v) is 7.04. The predicted octanol–water partition coefficient (Wildman–Crippen LogP) is 4.93. The van der Waals surface area contributed by atoms with E-state index < -0.39 is 0 Å². The van der Waals surface area contributed by atoms with Crippen molar-refractivity contribution in [3.05, 3.63) is 76.4 Å². The van der Waals surface area contributed by atoms with Gasteiger partial charge in [-0.05, 0) is 55.7 Å². The van der Waals surface area contributed by atoms with Crippen LogP contribution in [-0.2, 0) is 0 Å². The van der Waals surface area contributed by atoms with E-state index in [0.29, 0.717) is 0 Å². The van der Waals surface area contributed by atoms with Crippen LogP contribution in [0.5, 0.6) is 0 Å². The number of aryl methyl sites for hydroxylation is 2. The summed E-state index contributed by atoms with van der Waals surface area (Å²) in [4.78, 5) is 4.84. The van der Waals surface area contributed by atoms with E-state index in [1.54, 1.807) is 0 Å². The first kappa shape index (κ1) is 12.9. The summed E-state index contributed by atoms with van der Waals surface area (Å²) in [6, 6.07) is 6.55. The molecule has 100 valence electrons. The molecule has 2 bridgehead atoms. The zero-order chi connectivity index (χ0) is 14.1. The lowest BCUT2D eigenvalue weighted by Crippen LogP contribution is -1.94. The first-order valence-electron chi connectivity index (χ1n) is 7.04. The van der Waals surface area contributed by atoms with Crippen molar-refractivity contribution >= 4 is 11.4 Å². The molecule has 1 heterocycles. The molecule has 1 aliphatic heterocycles. The summed E-state index contributed by atoms with van der Waals surface area (Å²) >= 11 is 0. The monoisotopic (exact) mass is 261 g/mol. The maximum Gasteiger partial charge on any atom is 0.0705 e. The summed E-state index contributed by atoms with van der Waals surface area (Å²) in [5.74, 6) is 0. The van der Waals surface area contributed by atoms with Crippen LogP contribution in [-0.4, -0.2) is 5.71 Å². The highest BCUT2D eigenvalue weighted by molar-refractivity contribution is 6.02. The minimum atomic E-state index is 0.915. The molecule has 20 heavy (non-hydrogen) atoms. The van der Waals surface area contributed by atoms with Gasteiger partial charge in [0.05, 0.1) is 5.70 Å². The smallest absolute Gasteiger partial charge is 0.0705 e. The van der Waals surface area contributed by atoms with Gasteiger partial charge >= 0.3 is 0 Å². The number of hydrogen-bond donors (Lipinski definition) is 0. The lowest BCUT2D eigenvalue weighted by atomic mass is 10.0. The normalized spacial score (nSPS) is 17.6. The minimum Gasteiger partial charge on any atom is -0.252 e. The van der Waals surface area contributed by atoms with Crippen molar-refractivity contribution < 1.29 is 0 Å². The summed E-state index contributed by atoms with van der Waals surface area (Å²) < 4.78 is 0. The Labute approximate surface area is 120 Å². The van der Waals surface area contributed by atoms with Crippen LogP contribution in [0.1, 0.15) is 30.0 Å². The number of aliphatic imine (C=N–C) groups is 1. The Morgan fingerprint density at radius 1 is 0.950 bits per heavy atom. The second-order valence-corrected chi connectivity index (χ2v) is 5.59. The number of nitrogens with zero attached hydrogens (tertiary/aromatic N) is 1. The third kappa shape index (κ3) is 2.57. The van der Waals surface area contributed by atoms with Crippen molar-refractivity contribution in [3.63, 3.8) is 0 Å². The molecule has 0 spiro atoms. The van der Waals surface area contributed by atoms with Crippen LogP contribution in [0.15, 0.2) is 64.7 Å². The zero-order valence-corrected chi connectivity index (χ0v) is 12.3. The van der Waals surface area contributed by atoms with E-state index in [1.807, 2.05) is 0 Å². The van der Waals surface area contributed by atoms with E-state index in [2.05, 4.69) is 69.4 Å². The largest absolute Gasteiger partial charge is 0.252 e. The highest BCUT2D eigenvalue weighted by Crippen LogP contribution is 2.25. The van der Waals surface area contributed by atoms with Crippen molar-refractivity contribution in [2.45, 2.75) is 27.2 Å². The van der Waals surface area contributed by atoms with Crippen LogP contribution < -0.4 is 0 Å². The lowest BCUT2D eigenvalue weighted by molar-refractivity contribution is 1.32. The molecule has 1 heteroatoms. The summed E-state index contributed by atoms with van der Waals surface area (Å²) in [5.41, 5.74) is 8.62. The molecule has 0 saturated heterocycles. The molecule has 2 aliphatic rings. The lowest BCUT2D eigenvalue weighted by Gasteiger charge is -2.06. The zero-order valence-electron chi connectivity index (χ0n) is 12.3. The molecule has 0 saturated carbocycles. The molecule has 1 aliphatic carbocycles. The molecule has 0 radical (unpaired) electrons. The van der Waals surface area contributed by atoms with Crippen LogP contribution in [0.25, 0.3) is 5.70 Å². The number of fused-ring (bicyclic) bond motifs is 2. The third-order valence-electron chi connectivity index (χ3n) is 3.86. The van der Waals surface area contributed by atoms with Gasteiger partial charge in [0.25, 0.3) is 0 Å². The van der Waals surface area contributed by atoms with Gasteiger partial charge in [-0.3, -0.25) is 4.99 Å². The summed E-state index contributed by atoms with van der Waals surface area (Å²) in [6.45, 7) is 6.42. The van der Waals surface area contributed by atoms with Gasteiger partial charge in [-0.1, -0.05) is 35.9 Å². The average Bonchev–Trinajstić information content (AvgIpc) is 2.72. The Bertz CT molecular complexity index is 709. The Balaban J connectivity index is 2.07. The molecule has 0 atom stereocenters. The Morgan fingerprint density at radius 3 is 2.60 bits per heavy atom. The molecule has 0 aromatic heterocycles. The topological polar surface area (TPSA) is 12.4 Å². The quantitative estimate of drug-likeness (QED) is 0.679. The van der Waals surface area contributed by atoms with E-state index in [1.165, 1.54) is 27.8 Å². The molecule has 0 amide bonds. The van der Waals surface area contributed by atoms with Crippen LogP contribution in [0.4, 0.5) is 0 Å². The van der Waals surface area contributed by atoms with Crippen molar-refractivity contribution in [3.8, 4) is 0 Å². The van der Waals surface area contributed by atoms with Crippen molar-refractivity contribution in [2.75, 3.05) is 0 Å². The number of hydrogen-bond acceptors (Lipinski definition) is 1. The Hall–Kier alpha value is -2.15. The van der Waals surface area contributed by atoms with E-state index >= 15 is 0 Å². The van der Waals surface area contributed by atoms with Crippen molar-refractivity contribution in [1.82, 2.24) is 0 Å². The number of rotatable bonds is 1. The second kappa shape index (κ2) is 5.09. The van der Waals surface area contributed by atoms with Crippen LogP contribution in [0, 0.1) is 13.8 Å². The van der Waals surface area contributed by atoms with Crippen molar-refractivity contribution in [2.24, 2.45) is 4.99 Å². The molecule has 0 unspecified atom stereocenters. The second-order valence-electron chi connectivity index (χ2n) is 5.59. The van der Waals surface area contributed by atoms with Crippen molar-refractivity contribution in [1.29, 1.82) is 0 Å². The molecule has 0 fully saturated rings. The van der Waals surface area contributed by atoms with E-state index in [-0.39, 0.29) is 0 Å². The molecule has 1 nitrogen and oxygen atoms in total. The number of allylic oxidation sites excluding steroid dienone is 7. The first-order chi connectivity index (χ1) is 9.61. The Kier molecular flexibility index (Phi) is 3.27. The summed E-state index contributed by atoms with van der Waals surface area (Å²) in [6.07, 6.45) is 11.8. The fraction of sp³-hybridized carbons (Fsp3) is 0.211. The number of benzene rings is 1. The molecule has 1 aromatic rings. The van der Waals surface area contributed by atoms with Crippen LogP contribution in [0.3, 0.4) is 0 Å². The van der Waals surface area contributed by atoms with Gasteiger partial charge in [-0.2, -0.15) is 0 Å². The highest BCUT2D eigenvalue weighted by Gasteiger charge is 2.10. The van der Waals surface area contributed by atoms with E-state index in [9.17, 15) is 0 Å². The SMILES string of the molecule is CC1=CC2=CC=C(c3ccc(C)c(C)c3)N=C(C=C1)C2. The van der Waals surface area contributed by atoms with Gasteiger partial charge in [0.15, 0.2) is 0 Å². The summed E-state index contributed by atoms with van der Waals surface area (Å²) in [7, 11) is 0. The molecule has 0 N–H and O–H groups in total. The Morgan fingerprint density at radius 2 is 1.80 bits per heavy atom. The molecule has 1 aromatic carbocycles. The standard InChI is InChI=1S/C19H19N/c1-13-4-8-18-12-16(10-13)6-9-19(20-18)17-7-5-14(2)15(3)11-17/h4-11H,12H2,1-3H3. The molecular formula is C19H19N. The van der Waals surface area contributed by atoms with Crippen LogP contribution >= 0.6 is 0 Å². The van der Waals surface area contributed by atoms with Gasteiger partial charge in [-0.15, -0.1) is 0 Å². The van der Waals surface area contributed by atoms with E-state index in [0.717, 1.165) is 17.8 Å². The van der Waals surface area contributed by atoms with Gasteiger partial charge in [-0.25, -0.2) is 0 Å². The fourth-order valence-electron chi connectivity index (χ4n) is 2.51. The minimum absolute atomic E-state index is 0.915. The molecular weight excluding hydrogens is 242 g/mol. The van der Waals surface area contributed by atoms with Crippen LogP contribution in [0.2, 0.25) is 0 Å². The summed E-state index contributed by atoms with van der Waals surface area (Å²) in [5, 5.41) is 0. The van der Waals surface area contributed by atoms with Gasteiger partial charge in [0.2, 0.25) is 0 Å². The molecule has 3 rings (SSSR count). The fourth-order valence-corrected chi connectivity index (χ4v) is 2.51. The maximum absolute atomic E-state index is 4.84.